The summed E-state index contributed by atoms with van der Waals surface area (Å²) in [4.78, 5) is 4.28. The molecule has 0 atom stereocenters. The quantitative estimate of drug-likeness (QED) is 0.748. The van der Waals surface area contributed by atoms with Gasteiger partial charge in [-0.2, -0.15) is 0 Å². The molecule has 0 saturated heterocycles. The van der Waals surface area contributed by atoms with E-state index in [-0.39, 0.29) is 17.9 Å². The van der Waals surface area contributed by atoms with E-state index in [1.54, 1.807) is 6.20 Å². The molecule has 1 heterocycles. The van der Waals surface area contributed by atoms with Crippen LogP contribution in [-0.4, -0.2) is 4.98 Å². The SMILES string of the molecule is Cl.Nc1cccnc1C1(N)CCCC1. The molecule has 0 unspecified atom stereocenters. The van der Waals surface area contributed by atoms with E-state index in [0.717, 1.165) is 24.2 Å². The number of pyridine rings is 1. The van der Waals surface area contributed by atoms with E-state index < -0.39 is 0 Å². The molecule has 0 radical (unpaired) electrons. The van der Waals surface area contributed by atoms with E-state index >= 15 is 0 Å². The van der Waals surface area contributed by atoms with Crippen molar-refractivity contribution in [3.63, 3.8) is 0 Å². The molecule has 2 rings (SSSR count). The second-order valence-electron chi connectivity index (χ2n) is 3.80. The molecule has 4 N–H and O–H groups in total. The summed E-state index contributed by atoms with van der Waals surface area (Å²) in [5.74, 6) is 0. The zero-order valence-corrected chi connectivity index (χ0v) is 8.89. The van der Waals surface area contributed by atoms with E-state index in [4.69, 9.17) is 11.5 Å². The third-order valence-corrected chi connectivity index (χ3v) is 2.81. The lowest BCUT2D eigenvalue weighted by molar-refractivity contribution is 0.449. The topological polar surface area (TPSA) is 64.9 Å². The minimum absolute atomic E-state index is 0. The average Bonchev–Trinajstić information content (AvgIpc) is 2.54. The van der Waals surface area contributed by atoms with Crippen LogP contribution in [0.25, 0.3) is 0 Å². The van der Waals surface area contributed by atoms with E-state index in [9.17, 15) is 0 Å². The molecule has 1 aliphatic rings. The van der Waals surface area contributed by atoms with Gasteiger partial charge in [0.2, 0.25) is 0 Å². The van der Waals surface area contributed by atoms with Gasteiger partial charge in [-0.05, 0) is 25.0 Å². The molecule has 14 heavy (non-hydrogen) atoms. The highest BCUT2D eigenvalue weighted by Crippen LogP contribution is 2.37. The molecule has 4 heteroatoms. The maximum Gasteiger partial charge on any atom is 0.0831 e. The van der Waals surface area contributed by atoms with Crippen molar-refractivity contribution in [3.8, 4) is 0 Å². The molecule has 0 bridgehead atoms. The van der Waals surface area contributed by atoms with Crippen LogP contribution in [0.5, 0.6) is 0 Å². The summed E-state index contributed by atoms with van der Waals surface area (Å²) in [5.41, 5.74) is 13.4. The first-order chi connectivity index (χ1) is 6.22. The summed E-state index contributed by atoms with van der Waals surface area (Å²) in [7, 11) is 0. The highest BCUT2D eigenvalue weighted by molar-refractivity contribution is 5.85. The van der Waals surface area contributed by atoms with Crippen molar-refractivity contribution in [3.05, 3.63) is 24.0 Å². The summed E-state index contributed by atoms with van der Waals surface area (Å²) >= 11 is 0. The van der Waals surface area contributed by atoms with E-state index in [1.807, 2.05) is 12.1 Å². The first-order valence-electron chi connectivity index (χ1n) is 4.72. The summed E-state index contributed by atoms with van der Waals surface area (Å²) < 4.78 is 0. The van der Waals surface area contributed by atoms with Crippen molar-refractivity contribution in [1.29, 1.82) is 0 Å². The molecular weight excluding hydrogens is 198 g/mol. The molecule has 1 aromatic heterocycles. The fraction of sp³-hybridized carbons (Fsp3) is 0.500. The molecule has 1 saturated carbocycles. The Morgan fingerprint density at radius 2 is 1.93 bits per heavy atom. The maximum absolute atomic E-state index is 6.24. The fourth-order valence-corrected chi connectivity index (χ4v) is 2.08. The van der Waals surface area contributed by atoms with Crippen LogP contribution in [-0.2, 0) is 5.54 Å². The lowest BCUT2D eigenvalue weighted by atomic mass is 9.93. The predicted molar refractivity (Wildman–Crippen MR) is 60.2 cm³/mol. The summed E-state index contributed by atoms with van der Waals surface area (Å²) in [6, 6.07) is 3.71. The van der Waals surface area contributed by atoms with Crippen LogP contribution in [0.1, 0.15) is 31.4 Å². The van der Waals surface area contributed by atoms with Gasteiger partial charge >= 0.3 is 0 Å². The third kappa shape index (κ3) is 1.83. The Hall–Kier alpha value is -0.800. The average molecular weight is 214 g/mol. The number of nitrogen functional groups attached to an aromatic ring is 1. The van der Waals surface area contributed by atoms with Gasteiger partial charge in [0.15, 0.2) is 0 Å². The van der Waals surface area contributed by atoms with Crippen molar-refractivity contribution in [2.75, 3.05) is 5.73 Å². The molecule has 1 aliphatic carbocycles. The molecule has 0 aromatic carbocycles. The molecule has 0 spiro atoms. The number of nitrogens with zero attached hydrogens (tertiary/aromatic N) is 1. The van der Waals surface area contributed by atoms with Crippen molar-refractivity contribution in [2.24, 2.45) is 5.73 Å². The number of hydrogen-bond donors (Lipinski definition) is 2. The Balaban J connectivity index is 0.000000980. The van der Waals surface area contributed by atoms with Gasteiger partial charge in [-0.15, -0.1) is 12.4 Å². The number of nitrogens with two attached hydrogens (primary N) is 2. The highest BCUT2D eigenvalue weighted by Gasteiger charge is 2.33. The van der Waals surface area contributed by atoms with Crippen LogP contribution in [0.2, 0.25) is 0 Å². The number of halogens is 1. The zero-order valence-electron chi connectivity index (χ0n) is 8.07. The Bertz CT molecular complexity index is 308. The van der Waals surface area contributed by atoms with Crippen LogP contribution < -0.4 is 11.5 Å². The van der Waals surface area contributed by atoms with Gasteiger partial charge in [0.1, 0.15) is 0 Å². The Morgan fingerprint density at radius 3 is 2.50 bits per heavy atom. The van der Waals surface area contributed by atoms with E-state index in [0.29, 0.717) is 0 Å². The second kappa shape index (κ2) is 4.15. The monoisotopic (exact) mass is 213 g/mol. The Kier molecular flexibility index (Phi) is 3.34. The van der Waals surface area contributed by atoms with Crippen LogP contribution in [0, 0.1) is 0 Å². The first kappa shape index (κ1) is 11.3. The number of aromatic nitrogens is 1. The van der Waals surface area contributed by atoms with Crippen molar-refractivity contribution < 1.29 is 0 Å². The van der Waals surface area contributed by atoms with Crippen LogP contribution in [0.3, 0.4) is 0 Å². The first-order valence-corrected chi connectivity index (χ1v) is 4.72. The molecule has 3 nitrogen and oxygen atoms in total. The lowest BCUT2D eigenvalue weighted by Gasteiger charge is -2.23. The van der Waals surface area contributed by atoms with Gasteiger partial charge in [0, 0.05) is 6.20 Å². The van der Waals surface area contributed by atoms with Crippen molar-refractivity contribution >= 4 is 18.1 Å². The number of hydrogen-bond acceptors (Lipinski definition) is 3. The van der Waals surface area contributed by atoms with Crippen molar-refractivity contribution in [1.82, 2.24) is 4.98 Å². The van der Waals surface area contributed by atoms with Gasteiger partial charge < -0.3 is 11.5 Å². The number of anilines is 1. The Morgan fingerprint density at radius 1 is 1.29 bits per heavy atom. The minimum atomic E-state index is -0.259. The summed E-state index contributed by atoms with van der Waals surface area (Å²) in [6.07, 6.45) is 6.15. The highest BCUT2D eigenvalue weighted by atomic mass is 35.5. The number of rotatable bonds is 1. The normalized spacial score (nSPS) is 18.9. The largest absolute Gasteiger partial charge is 0.397 e. The standard InChI is InChI=1S/C10H15N3.ClH/c11-8-4-3-7-13-9(8)10(12)5-1-2-6-10;/h3-4,7H,1-2,5-6,11-12H2;1H. The van der Waals surface area contributed by atoms with Gasteiger partial charge in [-0.1, -0.05) is 12.8 Å². The summed E-state index contributed by atoms with van der Waals surface area (Å²) in [6.45, 7) is 0. The van der Waals surface area contributed by atoms with Crippen LogP contribution >= 0.6 is 12.4 Å². The van der Waals surface area contributed by atoms with Gasteiger partial charge in [-0.3, -0.25) is 4.98 Å². The maximum atomic E-state index is 6.24. The predicted octanol–water partition coefficient (Wildman–Crippen LogP) is 1.81. The van der Waals surface area contributed by atoms with Crippen LogP contribution in [0.15, 0.2) is 18.3 Å². The Labute approximate surface area is 90.3 Å². The fourth-order valence-electron chi connectivity index (χ4n) is 2.08. The molecule has 78 valence electrons. The van der Waals surface area contributed by atoms with E-state index in [1.165, 1.54) is 12.8 Å². The van der Waals surface area contributed by atoms with E-state index in [2.05, 4.69) is 4.98 Å². The van der Waals surface area contributed by atoms with Gasteiger partial charge in [-0.25, -0.2) is 0 Å². The minimum Gasteiger partial charge on any atom is -0.397 e. The molecule has 1 fully saturated rings. The molecule has 0 aliphatic heterocycles. The second-order valence-corrected chi connectivity index (χ2v) is 3.80. The zero-order chi connectivity index (χ0) is 9.31. The molecular formula is C10H16ClN3. The van der Waals surface area contributed by atoms with Crippen LogP contribution in [0.4, 0.5) is 5.69 Å². The smallest absolute Gasteiger partial charge is 0.0831 e. The third-order valence-electron chi connectivity index (χ3n) is 2.81. The molecule has 0 amide bonds. The molecule has 1 aromatic rings. The summed E-state index contributed by atoms with van der Waals surface area (Å²) in [5, 5.41) is 0. The van der Waals surface area contributed by atoms with Crippen molar-refractivity contribution in [2.45, 2.75) is 31.2 Å². The lowest BCUT2D eigenvalue weighted by Crippen LogP contribution is -2.35. The van der Waals surface area contributed by atoms with Gasteiger partial charge in [0.25, 0.3) is 0 Å². The van der Waals surface area contributed by atoms with Gasteiger partial charge in [0.05, 0.1) is 16.9 Å².